The highest BCUT2D eigenvalue weighted by Gasteiger charge is 2.13. The van der Waals surface area contributed by atoms with Crippen molar-refractivity contribution in [3.05, 3.63) is 58.3 Å². The molecule has 0 saturated heterocycles. The molecule has 0 aliphatic rings. The zero-order valence-corrected chi connectivity index (χ0v) is 15.9. The van der Waals surface area contributed by atoms with Gasteiger partial charge in [-0.25, -0.2) is 9.37 Å². The average molecular weight is 416 g/mol. The van der Waals surface area contributed by atoms with Gasteiger partial charge in [-0.1, -0.05) is 0 Å². The van der Waals surface area contributed by atoms with Crippen molar-refractivity contribution in [2.75, 3.05) is 12.3 Å². The van der Waals surface area contributed by atoms with Crippen LogP contribution in [0.15, 0.2) is 41.3 Å². The first-order chi connectivity index (χ1) is 14.4. The minimum absolute atomic E-state index is 0.00358. The molecule has 0 aliphatic carbocycles. The van der Waals surface area contributed by atoms with E-state index in [1.165, 1.54) is 22.8 Å². The molecular formula is C21H19F3N4O2. The van der Waals surface area contributed by atoms with E-state index in [2.05, 4.69) is 9.72 Å². The highest BCUT2D eigenvalue weighted by atomic mass is 19.3. The molecule has 0 radical (unpaired) electrons. The van der Waals surface area contributed by atoms with Crippen LogP contribution in [0.1, 0.15) is 24.8 Å². The third kappa shape index (κ3) is 4.78. The van der Waals surface area contributed by atoms with Gasteiger partial charge in [-0.3, -0.25) is 4.79 Å². The Labute approximate surface area is 170 Å². The van der Waals surface area contributed by atoms with Crippen molar-refractivity contribution in [2.45, 2.75) is 32.4 Å². The number of halogens is 3. The molecule has 3 rings (SSSR count). The molecule has 0 unspecified atom stereocenters. The SMILES string of the molecule is N#Cc1ccc(-c2cc3ccn(CCCCCOC(F)F)c(=O)c3cc2F)nc1N. The van der Waals surface area contributed by atoms with Crippen LogP contribution in [0.3, 0.4) is 0 Å². The number of alkyl halides is 2. The summed E-state index contributed by atoms with van der Waals surface area (Å²) in [5.41, 5.74) is 6.01. The van der Waals surface area contributed by atoms with Crippen molar-refractivity contribution in [2.24, 2.45) is 0 Å². The Balaban J connectivity index is 1.80. The molecule has 3 aromatic rings. The molecule has 0 bridgehead atoms. The highest BCUT2D eigenvalue weighted by Crippen LogP contribution is 2.26. The van der Waals surface area contributed by atoms with Crippen LogP contribution in [0.25, 0.3) is 22.0 Å². The summed E-state index contributed by atoms with van der Waals surface area (Å²) in [5, 5.41) is 9.71. The monoisotopic (exact) mass is 416 g/mol. The van der Waals surface area contributed by atoms with E-state index in [0.717, 1.165) is 6.07 Å². The van der Waals surface area contributed by atoms with Gasteiger partial charge in [0.1, 0.15) is 17.7 Å². The lowest BCUT2D eigenvalue weighted by atomic mass is 10.0. The van der Waals surface area contributed by atoms with Gasteiger partial charge in [0.05, 0.1) is 23.3 Å². The first kappa shape index (κ1) is 21.3. The molecule has 0 atom stereocenters. The first-order valence-electron chi connectivity index (χ1n) is 9.30. The van der Waals surface area contributed by atoms with Gasteiger partial charge in [0, 0.05) is 18.3 Å². The number of hydrogen-bond donors (Lipinski definition) is 1. The summed E-state index contributed by atoms with van der Waals surface area (Å²) in [6, 6.07) is 9.24. The number of unbranched alkanes of at least 4 members (excludes halogenated alkanes) is 2. The largest absolute Gasteiger partial charge is 0.383 e. The molecule has 0 amide bonds. The van der Waals surface area contributed by atoms with E-state index in [-0.39, 0.29) is 40.2 Å². The van der Waals surface area contributed by atoms with Crippen molar-refractivity contribution in [1.29, 1.82) is 5.26 Å². The third-order valence-corrected chi connectivity index (χ3v) is 4.67. The van der Waals surface area contributed by atoms with Crippen LogP contribution in [-0.2, 0) is 11.3 Å². The highest BCUT2D eigenvalue weighted by molar-refractivity contribution is 5.86. The normalized spacial score (nSPS) is 11.2. The molecule has 1 aromatic carbocycles. The second-order valence-corrected chi connectivity index (χ2v) is 6.67. The van der Waals surface area contributed by atoms with Gasteiger partial charge in [-0.15, -0.1) is 0 Å². The van der Waals surface area contributed by atoms with Crippen LogP contribution in [0.4, 0.5) is 19.0 Å². The maximum absolute atomic E-state index is 14.7. The summed E-state index contributed by atoms with van der Waals surface area (Å²) < 4.78 is 44.2. The summed E-state index contributed by atoms with van der Waals surface area (Å²) in [6.45, 7) is -2.42. The predicted octanol–water partition coefficient (Wildman–Crippen LogP) is 4.07. The fraction of sp³-hybridized carbons (Fsp3) is 0.286. The van der Waals surface area contributed by atoms with Crippen molar-refractivity contribution in [3.8, 4) is 17.3 Å². The fourth-order valence-corrected chi connectivity index (χ4v) is 3.13. The van der Waals surface area contributed by atoms with E-state index in [1.807, 2.05) is 6.07 Å². The average Bonchev–Trinajstić information content (AvgIpc) is 2.72. The molecule has 0 aliphatic heterocycles. The summed E-state index contributed by atoms with van der Waals surface area (Å²) in [7, 11) is 0. The van der Waals surface area contributed by atoms with Gasteiger partial charge in [0.15, 0.2) is 0 Å². The van der Waals surface area contributed by atoms with Crippen molar-refractivity contribution < 1.29 is 17.9 Å². The standard InChI is InChI=1S/C21H19F3N4O2/c22-17-11-15-13(10-16(17)18-5-4-14(12-25)19(26)27-18)6-8-28(20(15)29)7-2-1-3-9-30-21(23)24/h4-6,8,10-11,21H,1-3,7,9H2,(H2,26,27). The Hall–Kier alpha value is -3.38. The van der Waals surface area contributed by atoms with Crippen molar-refractivity contribution in [1.82, 2.24) is 9.55 Å². The first-order valence-corrected chi connectivity index (χ1v) is 9.30. The second-order valence-electron chi connectivity index (χ2n) is 6.67. The Kier molecular flexibility index (Phi) is 6.69. The number of aryl methyl sites for hydroxylation is 1. The summed E-state index contributed by atoms with van der Waals surface area (Å²) in [6.07, 6.45) is 3.30. The fourth-order valence-electron chi connectivity index (χ4n) is 3.13. The van der Waals surface area contributed by atoms with Crippen LogP contribution in [0.2, 0.25) is 0 Å². The number of fused-ring (bicyclic) bond motifs is 1. The summed E-state index contributed by atoms with van der Waals surface area (Å²) >= 11 is 0. The van der Waals surface area contributed by atoms with E-state index in [9.17, 15) is 18.0 Å². The summed E-state index contributed by atoms with van der Waals surface area (Å²) in [5.74, 6) is -0.623. The zero-order valence-electron chi connectivity index (χ0n) is 15.9. The maximum atomic E-state index is 14.7. The molecule has 156 valence electrons. The quantitative estimate of drug-likeness (QED) is 0.559. The molecule has 0 spiro atoms. The third-order valence-electron chi connectivity index (χ3n) is 4.67. The Morgan fingerprint density at radius 3 is 2.70 bits per heavy atom. The Morgan fingerprint density at radius 1 is 1.20 bits per heavy atom. The minimum Gasteiger partial charge on any atom is -0.383 e. The van der Waals surface area contributed by atoms with Crippen LogP contribution in [0, 0.1) is 17.1 Å². The zero-order chi connectivity index (χ0) is 21.7. The molecule has 0 saturated carbocycles. The van der Waals surface area contributed by atoms with E-state index in [1.54, 1.807) is 12.3 Å². The molecule has 30 heavy (non-hydrogen) atoms. The van der Waals surface area contributed by atoms with Gasteiger partial charge >= 0.3 is 6.61 Å². The van der Waals surface area contributed by atoms with E-state index < -0.39 is 12.4 Å². The van der Waals surface area contributed by atoms with Gasteiger partial charge in [-0.2, -0.15) is 14.0 Å². The number of ether oxygens (including phenoxy) is 1. The van der Waals surface area contributed by atoms with Gasteiger partial charge in [0.25, 0.3) is 5.56 Å². The van der Waals surface area contributed by atoms with Crippen LogP contribution < -0.4 is 11.3 Å². The minimum atomic E-state index is -2.77. The number of nitriles is 1. The van der Waals surface area contributed by atoms with Crippen molar-refractivity contribution in [3.63, 3.8) is 0 Å². The van der Waals surface area contributed by atoms with Gasteiger partial charge < -0.3 is 15.0 Å². The second kappa shape index (κ2) is 9.41. The van der Waals surface area contributed by atoms with Gasteiger partial charge in [-0.05, 0) is 55.0 Å². The molecule has 0 fully saturated rings. The number of nitrogens with zero attached hydrogens (tertiary/aromatic N) is 3. The number of hydrogen-bond acceptors (Lipinski definition) is 5. The number of rotatable bonds is 8. The molecule has 2 N–H and O–H groups in total. The van der Waals surface area contributed by atoms with Crippen LogP contribution in [-0.4, -0.2) is 22.8 Å². The number of nitrogen functional groups attached to an aromatic ring is 1. The lowest BCUT2D eigenvalue weighted by Crippen LogP contribution is -2.19. The summed E-state index contributed by atoms with van der Waals surface area (Å²) in [4.78, 5) is 16.7. The van der Waals surface area contributed by atoms with Crippen LogP contribution >= 0.6 is 0 Å². The molecule has 9 heteroatoms. The maximum Gasteiger partial charge on any atom is 0.345 e. The van der Waals surface area contributed by atoms with Crippen LogP contribution in [0.5, 0.6) is 0 Å². The lowest BCUT2D eigenvalue weighted by Gasteiger charge is -2.10. The molecule has 2 aromatic heterocycles. The number of pyridine rings is 2. The molecular weight excluding hydrogens is 397 g/mol. The number of anilines is 1. The predicted molar refractivity (Wildman–Crippen MR) is 106 cm³/mol. The Morgan fingerprint density at radius 2 is 2.00 bits per heavy atom. The molecule has 2 heterocycles. The number of nitrogens with two attached hydrogens (primary N) is 1. The smallest absolute Gasteiger partial charge is 0.345 e. The number of aromatic nitrogens is 2. The van der Waals surface area contributed by atoms with Crippen molar-refractivity contribution >= 4 is 16.6 Å². The molecule has 6 nitrogen and oxygen atoms in total. The topological polar surface area (TPSA) is 93.9 Å². The lowest BCUT2D eigenvalue weighted by molar-refractivity contribution is -0.129. The van der Waals surface area contributed by atoms with E-state index in [0.29, 0.717) is 31.2 Å². The van der Waals surface area contributed by atoms with E-state index >= 15 is 0 Å². The Bertz CT molecular complexity index is 1160. The number of benzene rings is 1. The van der Waals surface area contributed by atoms with E-state index in [4.69, 9.17) is 11.0 Å². The van der Waals surface area contributed by atoms with Gasteiger partial charge in [0.2, 0.25) is 0 Å².